The molecule has 1 unspecified atom stereocenters. The minimum absolute atomic E-state index is 0.403. The zero-order valence-electron chi connectivity index (χ0n) is 12.7. The van der Waals surface area contributed by atoms with Crippen molar-refractivity contribution in [2.75, 3.05) is 20.3 Å². The third-order valence-electron chi connectivity index (χ3n) is 3.40. The second kappa shape index (κ2) is 8.32. The molecule has 0 heterocycles. The van der Waals surface area contributed by atoms with E-state index >= 15 is 0 Å². The Kier molecular flexibility index (Phi) is 6.10. The minimum atomic E-state index is 0.403. The first kappa shape index (κ1) is 15.4. The summed E-state index contributed by atoms with van der Waals surface area (Å²) in [5.74, 6) is 1.75. The maximum Gasteiger partial charge on any atom is 0.122 e. The monoisotopic (exact) mass is 285 g/mol. The van der Waals surface area contributed by atoms with Crippen molar-refractivity contribution in [3.63, 3.8) is 0 Å². The molecule has 0 aliphatic heterocycles. The van der Waals surface area contributed by atoms with E-state index < -0.39 is 0 Å². The Balaban J connectivity index is 1.76. The van der Waals surface area contributed by atoms with Crippen LogP contribution in [0, 0.1) is 0 Å². The Morgan fingerprint density at radius 3 is 1.95 bits per heavy atom. The number of rotatable bonds is 8. The third kappa shape index (κ3) is 4.80. The summed E-state index contributed by atoms with van der Waals surface area (Å²) in [6.45, 7) is 3.25. The van der Waals surface area contributed by atoms with Crippen LogP contribution in [0.15, 0.2) is 54.6 Å². The van der Waals surface area contributed by atoms with Gasteiger partial charge in [-0.15, -0.1) is 0 Å². The smallest absolute Gasteiger partial charge is 0.122 e. The Labute approximate surface area is 126 Å². The van der Waals surface area contributed by atoms with Crippen molar-refractivity contribution in [1.29, 1.82) is 0 Å². The van der Waals surface area contributed by atoms with E-state index in [4.69, 9.17) is 9.47 Å². The van der Waals surface area contributed by atoms with Gasteiger partial charge in [0.1, 0.15) is 24.7 Å². The fourth-order valence-electron chi connectivity index (χ4n) is 2.24. The van der Waals surface area contributed by atoms with E-state index in [9.17, 15) is 0 Å². The molecule has 1 atom stereocenters. The fraction of sp³-hybridized carbons (Fsp3) is 0.333. The van der Waals surface area contributed by atoms with Crippen LogP contribution in [0.5, 0.6) is 11.5 Å². The SMILES string of the molecule is CCC(NC)c1ccc(OCCOc2ccccc2)cc1. The van der Waals surface area contributed by atoms with Crippen molar-refractivity contribution in [2.24, 2.45) is 0 Å². The molecule has 2 aromatic rings. The van der Waals surface area contributed by atoms with E-state index in [0.717, 1.165) is 17.9 Å². The van der Waals surface area contributed by atoms with Crippen LogP contribution in [0.25, 0.3) is 0 Å². The predicted molar refractivity (Wildman–Crippen MR) is 86.0 cm³/mol. The highest BCUT2D eigenvalue weighted by Gasteiger charge is 2.05. The van der Waals surface area contributed by atoms with Crippen molar-refractivity contribution in [3.05, 3.63) is 60.2 Å². The number of hydrogen-bond acceptors (Lipinski definition) is 3. The summed E-state index contributed by atoms with van der Waals surface area (Å²) in [5, 5.41) is 3.30. The second-order valence-electron chi connectivity index (χ2n) is 4.83. The van der Waals surface area contributed by atoms with Gasteiger partial charge >= 0.3 is 0 Å². The third-order valence-corrected chi connectivity index (χ3v) is 3.40. The minimum Gasteiger partial charge on any atom is -0.490 e. The number of nitrogens with one attached hydrogen (secondary N) is 1. The van der Waals surface area contributed by atoms with Gasteiger partial charge in [0.25, 0.3) is 0 Å². The van der Waals surface area contributed by atoms with Crippen LogP contribution in [-0.4, -0.2) is 20.3 Å². The molecule has 3 nitrogen and oxygen atoms in total. The van der Waals surface area contributed by atoms with Crippen LogP contribution >= 0.6 is 0 Å². The predicted octanol–water partition coefficient (Wildman–Crippen LogP) is 3.81. The summed E-state index contributed by atoms with van der Waals surface area (Å²) in [4.78, 5) is 0. The van der Waals surface area contributed by atoms with Crippen molar-refractivity contribution in [2.45, 2.75) is 19.4 Å². The molecule has 0 radical (unpaired) electrons. The van der Waals surface area contributed by atoms with Crippen molar-refractivity contribution in [3.8, 4) is 11.5 Å². The number of hydrogen-bond donors (Lipinski definition) is 1. The average molecular weight is 285 g/mol. The quantitative estimate of drug-likeness (QED) is 0.748. The molecular weight excluding hydrogens is 262 g/mol. The van der Waals surface area contributed by atoms with Crippen LogP contribution < -0.4 is 14.8 Å². The van der Waals surface area contributed by atoms with Crippen LogP contribution in [0.1, 0.15) is 24.9 Å². The van der Waals surface area contributed by atoms with Gasteiger partial charge in [0.15, 0.2) is 0 Å². The molecular formula is C18H23NO2. The molecule has 0 spiro atoms. The average Bonchev–Trinajstić information content (AvgIpc) is 2.55. The molecule has 21 heavy (non-hydrogen) atoms. The van der Waals surface area contributed by atoms with Crippen molar-refractivity contribution < 1.29 is 9.47 Å². The van der Waals surface area contributed by atoms with Gasteiger partial charge in [-0.1, -0.05) is 37.3 Å². The molecule has 2 aromatic carbocycles. The lowest BCUT2D eigenvalue weighted by molar-refractivity contribution is 0.217. The molecule has 1 N–H and O–H groups in total. The Morgan fingerprint density at radius 1 is 0.857 bits per heavy atom. The van der Waals surface area contributed by atoms with Gasteiger partial charge in [-0.2, -0.15) is 0 Å². The van der Waals surface area contributed by atoms with E-state index in [2.05, 4.69) is 24.4 Å². The zero-order chi connectivity index (χ0) is 14.9. The van der Waals surface area contributed by atoms with E-state index in [0.29, 0.717) is 19.3 Å². The normalized spacial score (nSPS) is 11.9. The molecule has 0 aromatic heterocycles. The molecule has 0 bridgehead atoms. The molecule has 3 heteroatoms. The number of para-hydroxylation sites is 1. The highest BCUT2D eigenvalue weighted by atomic mass is 16.5. The Morgan fingerprint density at radius 2 is 1.43 bits per heavy atom. The summed E-state index contributed by atoms with van der Waals surface area (Å²) in [5.41, 5.74) is 1.29. The largest absolute Gasteiger partial charge is 0.490 e. The van der Waals surface area contributed by atoms with Crippen LogP contribution in [0.4, 0.5) is 0 Å². The van der Waals surface area contributed by atoms with Gasteiger partial charge in [0.05, 0.1) is 0 Å². The van der Waals surface area contributed by atoms with Gasteiger partial charge < -0.3 is 14.8 Å². The first-order chi connectivity index (χ1) is 10.3. The molecule has 0 aliphatic carbocycles. The summed E-state index contributed by atoms with van der Waals surface area (Å²) in [6, 6.07) is 18.4. The highest BCUT2D eigenvalue weighted by molar-refractivity contribution is 5.29. The Bertz CT molecular complexity index is 507. The molecule has 0 aliphatic rings. The molecule has 0 amide bonds. The zero-order valence-corrected chi connectivity index (χ0v) is 12.7. The fourth-order valence-corrected chi connectivity index (χ4v) is 2.24. The Hall–Kier alpha value is -2.00. The lowest BCUT2D eigenvalue weighted by Gasteiger charge is -2.15. The van der Waals surface area contributed by atoms with Gasteiger partial charge in [-0.3, -0.25) is 0 Å². The molecule has 0 saturated heterocycles. The maximum atomic E-state index is 5.68. The van der Waals surface area contributed by atoms with E-state index in [1.54, 1.807) is 0 Å². The molecule has 0 saturated carbocycles. The first-order valence-corrected chi connectivity index (χ1v) is 7.41. The lowest BCUT2D eigenvalue weighted by Crippen LogP contribution is -2.15. The molecule has 0 fully saturated rings. The van der Waals surface area contributed by atoms with Gasteiger partial charge in [0, 0.05) is 6.04 Å². The molecule has 112 valence electrons. The van der Waals surface area contributed by atoms with Crippen molar-refractivity contribution >= 4 is 0 Å². The van der Waals surface area contributed by atoms with Crippen LogP contribution in [0.2, 0.25) is 0 Å². The standard InChI is InChI=1S/C18H23NO2/c1-3-18(19-2)15-9-11-17(12-10-15)21-14-13-20-16-7-5-4-6-8-16/h4-12,18-19H,3,13-14H2,1-2H3. The van der Waals surface area contributed by atoms with Crippen LogP contribution in [0.3, 0.4) is 0 Å². The molecule has 2 rings (SSSR count). The lowest BCUT2D eigenvalue weighted by atomic mass is 10.1. The van der Waals surface area contributed by atoms with E-state index in [-0.39, 0.29) is 0 Å². The second-order valence-corrected chi connectivity index (χ2v) is 4.83. The summed E-state index contributed by atoms with van der Waals surface area (Å²) < 4.78 is 11.3. The summed E-state index contributed by atoms with van der Waals surface area (Å²) in [6.07, 6.45) is 1.07. The van der Waals surface area contributed by atoms with Gasteiger partial charge in [-0.05, 0) is 43.3 Å². The van der Waals surface area contributed by atoms with Gasteiger partial charge in [0.2, 0.25) is 0 Å². The van der Waals surface area contributed by atoms with E-state index in [1.165, 1.54) is 5.56 Å². The van der Waals surface area contributed by atoms with Gasteiger partial charge in [-0.25, -0.2) is 0 Å². The number of benzene rings is 2. The van der Waals surface area contributed by atoms with Crippen molar-refractivity contribution in [1.82, 2.24) is 5.32 Å². The summed E-state index contributed by atoms with van der Waals surface area (Å²) in [7, 11) is 1.99. The van der Waals surface area contributed by atoms with E-state index in [1.807, 2.05) is 49.5 Å². The first-order valence-electron chi connectivity index (χ1n) is 7.41. The van der Waals surface area contributed by atoms with Crippen LogP contribution in [-0.2, 0) is 0 Å². The topological polar surface area (TPSA) is 30.5 Å². The summed E-state index contributed by atoms with van der Waals surface area (Å²) >= 11 is 0. The number of ether oxygens (including phenoxy) is 2. The highest BCUT2D eigenvalue weighted by Crippen LogP contribution is 2.19. The maximum absolute atomic E-state index is 5.68.